The van der Waals surface area contributed by atoms with Crippen LogP contribution in [-0.2, 0) is 0 Å². The lowest BCUT2D eigenvalue weighted by Gasteiger charge is -2.12. The standard InChI is InChI=1S/C20H12BrClN6O/c21-12-1-3-17-15(7-12)20(25-10-23-17)27-13-2-4-18(16(22)8-13)29-14-5-6-28-19(9-14)24-11-26-28/h1-11H,(H,23,25,27). The van der Waals surface area contributed by atoms with Gasteiger partial charge in [0.1, 0.15) is 30.0 Å². The number of hydrogen-bond acceptors (Lipinski definition) is 6. The summed E-state index contributed by atoms with van der Waals surface area (Å²) in [5.41, 5.74) is 2.33. The molecule has 5 rings (SSSR count). The van der Waals surface area contributed by atoms with Gasteiger partial charge in [-0.25, -0.2) is 19.5 Å². The zero-order chi connectivity index (χ0) is 19.8. The van der Waals surface area contributed by atoms with Gasteiger partial charge in [0, 0.05) is 27.8 Å². The number of halogens is 2. The molecule has 0 bridgehead atoms. The van der Waals surface area contributed by atoms with Crippen LogP contribution in [0.3, 0.4) is 0 Å². The van der Waals surface area contributed by atoms with Crippen molar-refractivity contribution in [3.8, 4) is 11.5 Å². The Kier molecular flexibility index (Phi) is 4.49. The van der Waals surface area contributed by atoms with E-state index >= 15 is 0 Å². The molecule has 142 valence electrons. The highest BCUT2D eigenvalue weighted by molar-refractivity contribution is 9.10. The molecule has 0 atom stereocenters. The summed E-state index contributed by atoms with van der Waals surface area (Å²) in [6, 6.07) is 14.9. The molecule has 0 amide bonds. The van der Waals surface area contributed by atoms with E-state index in [1.165, 1.54) is 12.7 Å². The first-order valence-electron chi connectivity index (χ1n) is 8.60. The Morgan fingerprint density at radius 1 is 0.966 bits per heavy atom. The quantitative estimate of drug-likeness (QED) is 0.369. The van der Waals surface area contributed by atoms with E-state index in [-0.39, 0.29) is 0 Å². The van der Waals surface area contributed by atoms with Gasteiger partial charge in [0.15, 0.2) is 5.65 Å². The third-order valence-corrected chi connectivity index (χ3v) is 5.06. The summed E-state index contributed by atoms with van der Waals surface area (Å²) < 4.78 is 8.52. The molecule has 3 heterocycles. The summed E-state index contributed by atoms with van der Waals surface area (Å²) >= 11 is 9.93. The SMILES string of the molecule is Clc1cc(Nc2ncnc3ccc(Br)cc23)ccc1Oc1ccn2ncnc2c1. The first kappa shape index (κ1) is 17.8. The van der Waals surface area contributed by atoms with Crippen molar-refractivity contribution in [2.24, 2.45) is 0 Å². The summed E-state index contributed by atoms with van der Waals surface area (Å²) in [7, 11) is 0. The predicted octanol–water partition coefficient (Wildman–Crippen LogP) is 5.62. The van der Waals surface area contributed by atoms with Crippen molar-refractivity contribution >= 4 is 55.6 Å². The van der Waals surface area contributed by atoms with Crippen molar-refractivity contribution in [2.75, 3.05) is 5.32 Å². The van der Waals surface area contributed by atoms with E-state index in [4.69, 9.17) is 16.3 Å². The van der Waals surface area contributed by atoms with Crippen LogP contribution in [0.15, 0.2) is 71.9 Å². The monoisotopic (exact) mass is 466 g/mol. The van der Waals surface area contributed by atoms with E-state index in [2.05, 4.69) is 41.3 Å². The minimum Gasteiger partial charge on any atom is -0.456 e. The number of hydrogen-bond donors (Lipinski definition) is 1. The molecule has 7 nitrogen and oxygen atoms in total. The zero-order valence-corrected chi connectivity index (χ0v) is 17.1. The molecule has 5 aromatic rings. The molecule has 0 aliphatic rings. The van der Waals surface area contributed by atoms with Crippen molar-refractivity contribution in [1.82, 2.24) is 24.6 Å². The topological polar surface area (TPSA) is 77.2 Å². The van der Waals surface area contributed by atoms with E-state index in [1.54, 1.807) is 35.0 Å². The normalized spacial score (nSPS) is 11.1. The highest BCUT2D eigenvalue weighted by Crippen LogP contribution is 2.33. The van der Waals surface area contributed by atoms with Crippen LogP contribution in [-0.4, -0.2) is 24.6 Å². The van der Waals surface area contributed by atoms with E-state index < -0.39 is 0 Å². The Morgan fingerprint density at radius 3 is 2.79 bits per heavy atom. The Labute approximate surface area is 178 Å². The van der Waals surface area contributed by atoms with Gasteiger partial charge in [-0.2, -0.15) is 5.10 Å². The van der Waals surface area contributed by atoms with Crippen LogP contribution in [0.5, 0.6) is 11.5 Å². The highest BCUT2D eigenvalue weighted by Gasteiger charge is 2.09. The molecule has 0 saturated heterocycles. The van der Waals surface area contributed by atoms with Crippen molar-refractivity contribution in [3.63, 3.8) is 0 Å². The van der Waals surface area contributed by atoms with E-state index in [1.807, 2.05) is 24.3 Å². The van der Waals surface area contributed by atoms with Gasteiger partial charge >= 0.3 is 0 Å². The maximum absolute atomic E-state index is 6.45. The van der Waals surface area contributed by atoms with Crippen LogP contribution in [0.2, 0.25) is 5.02 Å². The van der Waals surface area contributed by atoms with Crippen molar-refractivity contribution in [2.45, 2.75) is 0 Å². The molecule has 0 unspecified atom stereocenters. The number of nitrogens with one attached hydrogen (secondary N) is 1. The number of ether oxygens (including phenoxy) is 1. The molecule has 0 radical (unpaired) electrons. The molecule has 0 aliphatic carbocycles. The average molecular weight is 468 g/mol. The molecule has 0 spiro atoms. The Morgan fingerprint density at radius 2 is 1.90 bits per heavy atom. The first-order valence-corrected chi connectivity index (χ1v) is 9.77. The van der Waals surface area contributed by atoms with Gasteiger partial charge in [0.25, 0.3) is 0 Å². The van der Waals surface area contributed by atoms with Crippen LogP contribution in [0, 0.1) is 0 Å². The molecule has 1 N–H and O–H groups in total. The molecular formula is C20H12BrClN6O. The van der Waals surface area contributed by atoms with Gasteiger partial charge in [-0.3, -0.25) is 0 Å². The van der Waals surface area contributed by atoms with Crippen molar-refractivity contribution in [3.05, 3.63) is 76.9 Å². The van der Waals surface area contributed by atoms with Gasteiger partial charge in [0.05, 0.1) is 10.5 Å². The molecule has 0 fully saturated rings. The van der Waals surface area contributed by atoms with E-state index in [0.29, 0.717) is 28.0 Å². The summed E-state index contributed by atoms with van der Waals surface area (Å²) in [6.07, 6.45) is 4.79. The zero-order valence-electron chi connectivity index (χ0n) is 14.8. The second-order valence-corrected chi connectivity index (χ2v) is 7.50. The molecule has 2 aromatic carbocycles. The molecule has 0 aliphatic heterocycles. The largest absolute Gasteiger partial charge is 0.456 e. The van der Waals surface area contributed by atoms with Gasteiger partial charge in [-0.15, -0.1) is 0 Å². The second kappa shape index (κ2) is 7.31. The number of benzene rings is 2. The van der Waals surface area contributed by atoms with Gasteiger partial charge in [-0.05, 0) is 42.5 Å². The molecular weight excluding hydrogens is 456 g/mol. The number of nitrogens with zero attached hydrogens (tertiary/aromatic N) is 5. The molecule has 29 heavy (non-hydrogen) atoms. The van der Waals surface area contributed by atoms with Crippen LogP contribution in [0.25, 0.3) is 16.6 Å². The number of rotatable bonds is 4. The fraction of sp³-hybridized carbons (Fsp3) is 0. The molecule has 3 aromatic heterocycles. The minimum atomic E-state index is 0.468. The lowest BCUT2D eigenvalue weighted by atomic mass is 10.2. The Hall–Kier alpha value is -3.23. The van der Waals surface area contributed by atoms with Crippen LogP contribution in [0.1, 0.15) is 0 Å². The van der Waals surface area contributed by atoms with Gasteiger partial charge in [-0.1, -0.05) is 27.5 Å². The minimum absolute atomic E-state index is 0.468. The number of aromatic nitrogens is 5. The summed E-state index contributed by atoms with van der Waals surface area (Å²) in [4.78, 5) is 12.8. The van der Waals surface area contributed by atoms with Crippen LogP contribution in [0.4, 0.5) is 11.5 Å². The number of pyridine rings is 1. The Bertz CT molecular complexity index is 1360. The molecule has 0 saturated carbocycles. The van der Waals surface area contributed by atoms with Gasteiger partial charge in [0.2, 0.25) is 0 Å². The lowest BCUT2D eigenvalue weighted by molar-refractivity contribution is 0.482. The first-order chi connectivity index (χ1) is 14.2. The Balaban J connectivity index is 1.42. The summed E-state index contributed by atoms with van der Waals surface area (Å²) in [5.74, 6) is 1.86. The smallest absolute Gasteiger partial charge is 0.158 e. The third kappa shape index (κ3) is 3.59. The maximum Gasteiger partial charge on any atom is 0.158 e. The summed E-state index contributed by atoms with van der Waals surface area (Å²) in [6.45, 7) is 0. The van der Waals surface area contributed by atoms with Crippen LogP contribution >= 0.6 is 27.5 Å². The van der Waals surface area contributed by atoms with Crippen LogP contribution < -0.4 is 10.1 Å². The second-order valence-electron chi connectivity index (χ2n) is 6.18. The van der Waals surface area contributed by atoms with E-state index in [9.17, 15) is 0 Å². The van der Waals surface area contributed by atoms with E-state index in [0.717, 1.165) is 21.1 Å². The fourth-order valence-corrected chi connectivity index (χ4v) is 3.49. The maximum atomic E-state index is 6.45. The predicted molar refractivity (Wildman–Crippen MR) is 115 cm³/mol. The van der Waals surface area contributed by atoms with Gasteiger partial charge < -0.3 is 10.1 Å². The van der Waals surface area contributed by atoms with Crippen molar-refractivity contribution < 1.29 is 4.74 Å². The summed E-state index contributed by atoms with van der Waals surface area (Å²) in [5, 5.41) is 8.73. The third-order valence-electron chi connectivity index (χ3n) is 4.27. The lowest BCUT2D eigenvalue weighted by Crippen LogP contribution is -1.96. The average Bonchev–Trinajstić information content (AvgIpc) is 3.18. The fourth-order valence-electron chi connectivity index (χ4n) is 2.91. The molecule has 9 heteroatoms. The highest BCUT2D eigenvalue weighted by atomic mass is 79.9. The number of anilines is 2. The van der Waals surface area contributed by atoms with Crippen molar-refractivity contribution in [1.29, 1.82) is 0 Å². The number of fused-ring (bicyclic) bond motifs is 2.